The Kier molecular flexibility index (Phi) is 7.53. The Morgan fingerprint density at radius 3 is 2.44 bits per heavy atom. The topological polar surface area (TPSA) is 101 Å². The van der Waals surface area contributed by atoms with Gasteiger partial charge in [-0.1, -0.05) is 18.2 Å². The molecular weight excluding hydrogens is 575 g/mol. The van der Waals surface area contributed by atoms with Crippen molar-refractivity contribution in [3.05, 3.63) is 108 Å². The Bertz CT molecular complexity index is 1490. The molecule has 0 atom stereocenters. The van der Waals surface area contributed by atoms with Crippen LogP contribution in [-0.4, -0.2) is 27.6 Å². The van der Waals surface area contributed by atoms with Gasteiger partial charge in [-0.25, -0.2) is 9.67 Å². The van der Waals surface area contributed by atoms with Crippen LogP contribution in [0.3, 0.4) is 0 Å². The molecule has 0 radical (unpaired) electrons. The largest absolute Gasteiger partial charge is 0.493 e. The molecule has 184 valence electrons. The normalized spacial score (nSPS) is 11.1. The summed E-state index contributed by atoms with van der Waals surface area (Å²) in [5.74, 6) is 1.06. The average molecular weight is 598 g/mol. The number of nitro benzene ring substituents is 1. The van der Waals surface area contributed by atoms with Crippen molar-refractivity contribution in [2.75, 3.05) is 7.11 Å². The van der Waals surface area contributed by atoms with Gasteiger partial charge in [0, 0.05) is 25.4 Å². The molecule has 3 aromatic carbocycles. The van der Waals surface area contributed by atoms with Crippen molar-refractivity contribution in [2.45, 2.75) is 13.5 Å². The van der Waals surface area contributed by atoms with E-state index in [1.54, 1.807) is 40.9 Å². The minimum Gasteiger partial charge on any atom is -0.493 e. The molecule has 0 fully saturated rings. The molecule has 1 heterocycles. The molecule has 0 saturated carbocycles. The first-order chi connectivity index (χ1) is 17.3. The van der Waals surface area contributed by atoms with Crippen LogP contribution in [0.5, 0.6) is 11.5 Å². The molecule has 4 rings (SSSR count). The first kappa shape index (κ1) is 25.2. The highest BCUT2D eigenvalue weighted by Crippen LogP contribution is 2.34. The highest BCUT2D eigenvalue weighted by molar-refractivity contribution is 14.1. The Labute approximate surface area is 220 Å². The minimum atomic E-state index is -0.440. The van der Waals surface area contributed by atoms with Gasteiger partial charge in [-0.05, 0) is 77.0 Å². The van der Waals surface area contributed by atoms with Crippen molar-refractivity contribution in [3.63, 3.8) is 0 Å². The molecule has 9 nitrogen and oxygen atoms in total. The monoisotopic (exact) mass is 598 g/mol. The highest BCUT2D eigenvalue weighted by atomic mass is 127. The van der Waals surface area contributed by atoms with Crippen LogP contribution in [0.4, 0.5) is 11.4 Å². The van der Waals surface area contributed by atoms with E-state index < -0.39 is 4.92 Å². The Hall–Kier alpha value is -3.93. The molecule has 0 unspecified atom stereocenters. The number of methoxy groups -OCH3 is 1. The highest BCUT2D eigenvalue weighted by Gasteiger charge is 2.16. The predicted molar refractivity (Wildman–Crippen MR) is 146 cm³/mol. The summed E-state index contributed by atoms with van der Waals surface area (Å²) >= 11 is 2.15. The first-order valence-corrected chi connectivity index (χ1v) is 12.0. The van der Waals surface area contributed by atoms with E-state index in [0.29, 0.717) is 17.2 Å². The van der Waals surface area contributed by atoms with E-state index in [1.165, 1.54) is 12.1 Å². The number of halogens is 1. The first-order valence-electron chi connectivity index (χ1n) is 10.9. The lowest BCUT2D eigenvalue weighted by Crippen LogP contribution is -2.19. The number of para-hydroxylation sites is 1. The third-order valence-corrected chi connectivity index (χ3v) is 6.45. The molecule has 4 aromatic rings. The molecule has 0 amide bonds. The zero-order valence-electron chi connectivity index (χ0n) is 19.8. The van der Waals surface area contributed by atoms with E-state index in [4.69, 9.17) is 9.47 Å². The van der Waals surface area contributed by atoms with Gasteiger partial charge in [-0.2, -0.15) is 0 Å². The summed E-state index contributed by atoms with van der Waals surface area (Å²) in [7, 11) is 3.37. The summed E-state index contributed by atoms with van der Waals surface area (Å²) in [5.41, 5.74) is 3.21. The van der Waals surface area contributed by atoms with Crippen molar-refractivity contribution in [1.82, 2.24) is 9.36 Å². The second kappa shape index (κ2) is 10.8. The number of hydrogen-bond acceptors (Lipinski definition) is 6. The van der Waals surface area contributed by atoms with E-state index in [-0.39, 0.29) is 17.9 Å². The summed E-state index contributed by atoms with van der Waals surface area (Å²) in [6.45, 7) is 2.08. The molecule has 0 aliphatic rings. The number of rotatable bonds is 8. The molecule has 0 N–H and O–H groups in total. The van der Waals surface area contributed by atoms with Gasteiger partial charge in [0.2, 0.25) is 0 Å². The molecule has 0 spiro atoms. The Balaban J connectivity index is 1.58. The molecule has 0 saturated heterocycles. The molecule has 0 aliphatic heterocycles. The van der Waals surface area contributed by atoms with E-state index in [0.717, 1.165) is 26.1 Å². The maximum atomic E-state index is 13.1. The van der Waals surface area contributed by atoms with Crippen LogP contribution in [0.25, 0.3) is 5.69 Å². The third kappa shape index (κ3) is 5.18. The van der Waals surface area contributed by atoms with Crippen LogP contribution < -0.4 is 15.0 Å². The molecular formula is C26H23IN4O5. The van der Waals surface area contributed by atoms with Crippen molar-refractivity contribution in [1.29, 1.82) is 0 Å². The molecule has 1 aromatic heterocycles. The van der Waals surface area contributed by atoms with Gasteiger partial charge in [0.05, 0.1) is 27.0 Å². The Morgan fingerprint density at radius 1 is 1.11 bits per heavy atom. The van der Waals surface area contributed by atoms with Crippen LogP contribution in [0.15, 0.2) is 76.5 Å². The summed E-state index contributed by atoms with van der Waals surface area (Å²) in [6.07, 6.45) is 1.63. The second-order valence-corrected chi connectivity index (χ2v) is 9.08. The average Bonchev–Trinajstić information content (AvgIpc) is 3.09. The smallest absolute Gasteiger partial charge is 0.297 e. The van der Waals surface area contributed by atoms with Crippen molar-refractivity contribution < 1.29 is 14.4 Å². The van der Waals surface area contributed by atoms with Crippen molar-refractivity contribution >= 4 is 40.2 Å². The van der Waals surface area contributed by atoms with E-state index >= 15 is 0 Å². The van der Waals surface area contributed by atoms with Gasteiger partial charge in [0.25, 0.3) is 11.2 Å². The number of hydrogen-bond donors (Lipinski definition) is 0. The number of benzene rings is 3. The fraction of sp³-hybridized carbons (Fsp3) is 0.154. The predicted octanol–water partition coefficient (Wildman–Crippen LogP) is 5.34. The van der Waals surface area contributed by atoms with Gasteiger partial charge in [-0.3, -0.25) is 19.6 Å². The van der Waals surface area contributed by atoms with Gasteiger partial charge >= 0.3 is 0 Å². The minimum absolute atomic E-state index is 0.0266. The Morgan fingerprint density at radius 2 is 1.81 bits per heavy atom. The van der Waals surface area contributed by atoms with Crippen molar-refractivity contribution in [3.8, 4) is 17.2 Å². The molecule has 0 aliphatic carbocycles. The fourth-order valence-corrected chi connectivity index (χ4v) is 4.45. The zero-order chi connectivity index (χ0) is 25.8. The van der Waals surface area contributed by atoms with Crippen LogP contribution in [0.2, 0.25) is 0 Å². The quantitative estimate of drug-likeness (QED) is 0.118. The van der Waals surface area contributed by atoms with Crippen LogP contribution in [-0.2, 0) is 13.7 Å². The van der Waals surface area contributed by atoms with Gasteiger partial charge in [0.1, 0.15) is 6.61 Å². The van der Waals surface area contributed by atoms with Crippen LogP contribution in [0, 0.1) is 20.6 Å². The van der Waals surface area contributed by atoms with Crippen LogP contribution in [0.1, 0.15) is 16.8 Å². The van der Waals surface area contributed by atoms with Gasteiger partial charge < -0.3 is 9.47 Å². The summed E-state index contributed by atoms with van der Waals surface area (Å²) in [6, 6.07) is 19.3. The van der Waals surface area contributed by atoms with Crippen LogP contribution >= 0.6 is 22.6 Å². The molecule has 36 heavy (non-hydrogen) atoms. The lowest BCUT2D eigenvalue weighted by atomic mass is 10.2. The number of nitrogens with zero attached hydrogens (tertiary/aromatic N) is 4. The number of aliphatic imine (C=N–C) groups is 1. The summed E-state index contributed by atoms with van der Waals surface area (Å²) < 4.78 is 15.7. The van der Waals surface area contributed by atoms with Gasteiger partial charge in [-0.15, -0.1) is 0 Å². The fourth-order valence-electron chi connectivity index (χ4n) is 3.67. The SMILES string of the molecule is COc1cc(C=Nc2c(C)n(C)n(-c3ccccc3)c2=O)cc(I)c1OCc1ccc([N+](=O)[O-])cc1. The standard InChI is InChI=1S/C26H23IN4O5/c1-17-24(26(32)30(29(17)2)20-7-5-4-6-8-20)28-15-19-13-22(27)25(23(14-19)35-3)36-16-18-9-11-21(12-10-18)31(33)34/h4-15H,16H2,1-3H3. The number of aromatic nitrogens is 2. The second-order valence-electron chi connectivity index (χ2n) is 7.91. The summed E-state index contributed by atoms with van der Waals surface area (Å²) in [4.78, 5) is 28.0. The maximum Gasteiger partial charge on any atom is 0.297 e. The molecule has 10 heteroatoms. The maximum absolute atomic E-state index is 13.1. The zero-order valence-corrected chi connectivity index (χ0v) is 22.0. The lowest BCUT2D eigenvalue weighted by molar-refractivity contribution is -0.384. The summed E-state index contributed by atoms with van der Waals surface area (Å²) in [5, 5.41) is 10.8. The number of ether oxygens (including phenoxy) is 2. The van der Waals surface area contributed by atoms with E-state index in [2.05, 4.69) is 27.6 Å². The molecule has 0 bridgehead atoms. The third-order valence-electron chi connectivity index (χ3n) is 5.65. The number of nitro groups is 1. The lowest BCUT2D eigenvalue weighted by Gasteiger charge is -2.13. The van der Waals surface area contributed by atoms with E-state index in [9.17, 15) is 14.9 Å². The van der Waals surface area contributed by atoms with Crippen molar-refractivity contribution in [2.24, 2.45) is 12.0 Å². The van der Waals surface area contributed by atoms with E-state index in [1.807, 2.05) is 50.4 Å². The number of non-ortho nitro benzene ring substituents is 1. The van der Waals surface area contributed by atoms with Gasteiger partial charge in [0.15, 0.2) is 17.2 Å².